The number of anilines is 2. The van der Waals surface area contributed by atoms with Crippen LogP contribution in [-0.4, -0.2) is 11.8 Å². The number of nitrogens with one attached hydrogen (secondary N) is 2. The van der Waals surface area contributed by atoms with Crippen molar-refractivity contribution in [2.75, 3.05) is 10.6 Å². The lowest BCUT2D eigenvalue weighted by molar-refractivity contribution is 0.101. The second kappa shape index (κ2) is 8.75. The number of carbonyl (C=O) groups excluding carboxylic acids is 2. The van der Waals surface area contributed by atoms with Gasteiger partial charge in [-0.15, -0.1) is 22.7 Å². The summed E-state index contributed by atoms with van der Waals surface area (Å²) in [6.45, 7) is 0. The van der Waals surface area contributed by atoms with Gasteiger partial charge in [0.1, 0.15) is 8.67 Å². The van der Waals surface area contributed by atoms with Crippen molar-refractivity contribution in [2.45, 2.75) is 0 Å². The van der Waals surface area contributed by atoms with Gasteiger partial charge in [0.2, 0.25) is 0 Å². The van der Waals surface area contributed by atoms with Crippen LogP contribution in [0.3, 0.4) is 0 Å². The SMILES string of the molecule is O=C(Nc1cc2ccccc2cc1NC(=O)c1cc(Cl)sc1Cl)c1cc(Cl)sc1Cl. The summed E-state index contributed by atoms with van der Waals surface area (Å²) in [6, 6.07) is 14.1. The van der Waals surface area contributed by atoms with Crippen LogP contribution in [0.2, 0.25) is 17.3 Å². The van der Waals surface area contributed by atoms with E-state index in [1.54, 1.807) is 12.1 Å². The van der Waals surface area contributed by atoms with Crippen molar-refractivity contribution in [2.24, 2.45) is 0 Å². The Kier molecular flexibility index (Phi) is 6.25. The van der Waals surface area contributed by atoms with E-state index >= 15 is 0 Å². The molecule has 10 heteroatoms. The van der Waals surface area contributed by atoms with E-state index in [1.807, 2.05) is 24.3 Å². The number of halogens is 4. The van der Waals surface area contributed by atoms with E-state index in [9.17, 15) is 9.59 Å². The lowest BCUT2D eigenvalue weighted by atomic mass is 10.1. The van der Waals surface area contributed by atoms with E-state index < -0.39 is 11.8 Å². The fourth-order valence-electron chi connectivity index (χ4n) is 2.82. The van der Waals surface area contributed by atoms with Gasteiger partial charge in [-0.25, -0.2) is 0 Å². The van der Waals surface area contributed by atoms with Crippen LogP contribution in [0.25, 0.3) is 10.8 Å². The Hall–Kier alpha value is -1.80. The monoisotopic (exact) mass is 514 g/mol. The molecule has 0 radical (unpaired) electrons. The average Bonchev–Trinajstić information content (AvgIpc) is 3.22. The summed E-state index contributed by atoms with van der Waals surface area (Å²) in [5, 5.41) is 7.38. The maximum absolute atomic E-state index is 12.8. The van der Waals surface area contributed by atoms with Crippen molar-refractivity contribution in [3.8, 4) is 0 Å². The van der Waals surface area contributed by atoms with Gasteiger partial charge in [-0.3, -0.25) is 9.59 Å². The van der Waals surface area contributed by atoms with Crippen molar-refractivity contribution in [3.63, 3.8) is 0 Å². The van der Waals surface area contributed by atoms with Gasteiger partial charge in [-0.1, -0.05) is 70.7 Å². The lowest BCUT2D eigenvalue weighted by Gasteiger charge is -2.14. The predicted molar refractivity (Wildman–Crippen MR) is 129 cm³/mol. The number of rotatable bonds is 4. The molecule has 2 amide bonds. The van der Waals surface area contributed by atoms with Gasteiger partial charge >= 0.3 is 0 Å². The van der Waals surface area contributed by atoms with E-state index in [2.05, 4.69) is 10.6 Å². The number of thiophene rings is 2. The zero-order valence-corrected chi connectivity index (χ0v) is 19.4. The third-order valence-corrected chi connectivity index (χ3v) is 7.16. The molecule has 0 bridgehead atoms. The molecule has 0 fully saturated rings. The van der Waals surface area contributed by atoms with Crippen molar-refractivity contribution < 1.29 is 9.59 Å². The van der Waals surface area contributed by atoms with Crippen molar-refractivity contribution >= 4 is 103 Å². The summed E-state index contributed by atoms with van der Waals surface area (Å²) in [4.78, 5) is 25.5. The Morgan fingerprint density at radius 2 is 1.07 bits per heavy atom. The van der Waals surface area contributed by atoms with Crippen molar-refractivity contribution in [1.82, 2.24) is 0 Å². The molecule has 2 heterocycles. The van der Waals surface area contributed by atoms with Gasteiger partial charge in [-0.05, 0) is 35.0 Å². The van der Waals surface area contributed by atoms with E-state index in [-0.39, 0.29) is 19.8 Å². The summed E-state index contributed by atoms with van der Waals surface area (Å²) in [5.74, 6) is -0.879. The van der Waals surface area contributed by atoms with Crippen LogP contribution >= 0.6 is 69.1 Å². The topological polar surface area (TPSA) is 58.2 Å². The van der Waals surface area contributed by atoms with E-state index in [0.717, 1.165) is 33.4 Å². The minimum absolute atomic E-state index is 0.254. The fraction of sp³-hybridized carbons (Fsp3) is 0. The molecule has 0 aliphatic carbocycles. The highest BCUT2D eigenvalue weighted by Crippen LogP contribution is 2.35. The van der Waals surface area contributed by atoms with Gasteiger partial charge in [0.15, 0.2) is 0 Å². The molecular formula is C20H10Cl4N2O2S2. The summed E-state index contributed by atoms with van der Waals surface area (Å²) in [5.41, 5.74) is 1.32. The number of fused-ring (bicyclic) bond motifs is 1. The minimum atomic E-state index is -0.439. The van der Waals surface area contributed by atoms with Crippen LogP contribution in [-0.2, 0) is 0 Å². The summed E-state index contributed by atoms with van der Waals surface area (Å²) < 4.78 is 1.37. The Labute approximate surface area is 199 Å². The molecule has 4 aromatic rings. The average molecular weight is 516 g/mol. The Balaban J connectivity index is 1.72. The molecule has 0 saturated heterocycles. The molecule has 0 aliphatic heterocycles. The maximum atomic E-state index is 12.8. The molecule has 0 unspecified atom stereocenters. The first kappa shape index (κ1) is 21.4. The highest BCUT2D eigenvalue weighted by Gasteiger charge is 2.19. The zero-order chi connectivity index (χ0) is 21.4. The first-order valence-corrected chi connectivity index (χ1v) is 11.5. The third-order valence-electron chi connectivity index (χ3n) is 4.18. The van der Waals surface area contributed by atoms with E-state index in [0.29, 0.717) is 20.0 Å². The molecule has 4 rings (SSSR count). The van der Waals surface area contributed by atoms with Crippen molar-refractivity contribution in [1.29, 1.82) is 0 Å². The Morgan fingerprint density at radius 1 is 0.667 bits per heavy atom. The number of benzene rings is 2. The van der Waals surface area contributed by atoms with Gasteiger partial charge in [0.05, 0.1) is 31.2 Å². The molecule has 0 atom stereocenters. The van der Waals surface area contributed by atoms with Gasteiger partial charge < -0.3 is 10.6 Å². The second-order valence-corrected chi connectivity index (χ2v) is 10.7. The van der Waals surface area contributed by atoms with E-state index in [1.165, 1.54) is 12.1 Å². The van der Waals surface area contributed by atoms with Gasteiger partial charge in [0.25, 0.3) is 11.8 Å². The van der Waals surface area contributed by atoms with Gasteiger partial charge in [0, 0.05) is 0 Å². The predicted octanol–water partition coefficient (Wildman–Crippen LogP) is 8.08. The quantitative estimate of drug-likeness (QED) is 0.288. The number of hydrogen-bond acceptors (Lipinski definition) is 4. The van der Waals surface area contributed by atoms with Crippen LogP contribution in [0.15, 0.2) is 48.5 Å². The third kappa shape index (κ3) is 4.44. The highest BCUT2D eigenvalue weighted by atomic mass is 35.5. The van der Waals surface area contributed by atoms with Crippen LogP contribution in [0, 0.1) is 0 Å². The van der Waals surface area contributed by atoms with Crippen LogP contribution in [0.5, 0.6) is 0 Å². The molecule has 4 nitrogen and oxygen atoms in total. The molecule has 2 aromatic heterocycles. The largest absolute Gasteiger partial charge is 0.320 e. The smallest absolute Gasteiger partial charge is 0.258 e. The van der Waals surface area contributed by atoms with Crippen LogP contribution in [0.4, 0.5) is 11.4 Å². The Morgan fingerprint density at radius 3 is 1.40 bits per heavy atom. The molecular weight excluding hydrogens is 506 g/mol. The summed E-state index contributed by atoms with van der Waals surface area (Å²) in [6.07, 6.45) is 0. The van der Waals surface area contributed by atoms with Crippen molar-refractivity contribution in [3.05, 3.63) is 77.0 Å². The Bertz CT molecular complexity index is 1200. The second-order valence-electron chi connectivity index (χ2n) is 6.13. The number of carbonyl (C=O) groups is 2. The van der Waals surface area contributed by atoms with Crippen LogP contribution in [0.1, 0.15) is 20.7 Å². The lowest BCUT2D eigenvalue weighted by Crippen LogP contribution is -2.16. The zero-order valence-electron chi connectivity index (χ0n) is 14.8. The minimum Gasteiger partial charge on any atom is -0.320 e. The molecule has 30 heavy (non-hydrogen) atoms. The maximum Gasteiger partial charge on any atom is 0.258 e. The molecule has 0 saturated carbocycles. The summed E-state index contributed by atoms with van der Waals surface area (Å²) >= 11 is 26.3. The molecule has 2 aromatic carbocycles. The normalized spacial score (nSPS) is 10.9. The number of hydrogen-bond donors (Lipinski definition) is 2. The van der Waals surface area contributed by atoms with Gasteiger partial charge in [-0.2, -0.15) is 0 Å². The summed E-state index contributed by atoms with van der Waals surface area (Å²) in [7, 11) is 0. The standard InChI is InChI=1S/C20H10Cl4N2O2S2/c21-15-7-11(17(23)29-15)19(27)25-13-5-9-3-1-2-4-10(9)6-14(13)26-20(28)12-8-16(22)30-18(12)24/h1-8H,(H,25,27)(H,26,28). The highest BCUT2D eigenvalue weighted by molar-refractivity contribution is 7.20. The first-order chi connectivity index (χ1) is 14.3. The fourth-order valence-corrected chi connectivity index (χ4v) is 5.73. The van der Waals surface area contributed by atoms with E-state index in [4.69, 9.17) is 46.4 Å². The number of amides is 2. The first-order valence-electron chi connectivity index (χ1n) is 8.37. The molecule has 152 valence electrons. The van der Waals surface area contributed by atoms with Crippen LogP contribution < -0.4 is 10.6 Å². The molecule has 2 N–H and O–H groups in total. The molecule has 0 aliphatic rings. The molecule has 0 spiro atoms.